The average molecular weight is 367 g/mol. The molecular weight excluding hydrogens is 353 g/mol. The maximum absolute atomic E-state index is 12.6. The lowest BCUT2D eigenvalue weighted by atomic mass is 9.96. The molecule has 1 fully saturated rings. The summed E-state index contributed by atoms with van der Waals surface area (Å²) in [7, 11) is 1.27. The van der Waals surface area contributed by atoms with Gasteiger partial charge < -0.3 is 9.64 Å². The van der Waals surface area contributed by atoms with Gasteiger partial charge in [-0.1, -0.05) is 0 Å². The Morgan fingerprint density at radius 1 is 1.43 bits per heavy atom. The second-order valence-electron chi connectivity index (χ2n) is 4.82. The molecule has 1 aliphatic rings. The number of carbonyl (C=O) groups is 1. The van der Waals surface area contributed by atoms with Gasteiger partial charge in [-0.05, 0) is 34.8 Å². The van der Waals surface area contributed by atoms with Crippen molar-refractivity contribution in [1.82, 2.24) is 4.98 Å². The molecule has 4 nitrogen and oxygen atoms in total. The van der Waals surface area contributed by atoms with Crippen molar-refractivity contribution in [3.05, 3.63) is 22.3 Å². The topological polar surface area (TPSA) is 42.4 Å². The number of anilines is 1. The molecule has 0 saturated carbocycles. The molecule has 8 heteroatoms. The molecule has 0 radical (unpaired) electrons. The summed E-state index contributed by atoms with van der Waals surface area (Å²) in [5.74, 6) is -1.29. The lowest BCUT2D eigenvalue weighted by Gasteiger charge is -2.33. The van der Waals surface area contributed by atoms with Gasteiger partial charge in [0.1, 0.15) is 5.82 Å². The van der Waals surface area contributed by atoms with Crippen LogP contribution in [0, 0.1) is 5.92 Å². The van der Waals surface area contributed by atoms with Crippen LogP contribution in [-0.4, -0.2) is 37.3 Å². The van der Waals surface area contributed by atoms with Crippen LogP contribution in [0.4, 0.5) is 19.0 Å². The lowest BCUT2D eigenvalue weighted by Crippen LogP contribution is -2.39. The molecule has 0 unspecified atom stereocenters. The number of rotatable bonds is 2. The van der Waals surface area contributed by atoms with Gasteiger partial charge >= 0.3 is 12.1 Å². The Labute approximate surface area is 128 Å². The number of hydrogen-bond acceptors (Lipinski definition) is 4. The van der Waals surface area contributed by atoms with E-state index in [9.17, 15) is 18.0 Å². The van der Waals surface area contributed by atoms with Crippen LogP contribution < -0.4 is 4.90 Å². The van der Waals surface area contributed by atoms with Crippen molar-refractivity contribution < 1.29 is 22.7 Å². The summed E-state index contributed by atoms with van der Waals surface area (Å²) in [6.07, 6.45) is -2.61. The number of halogens is 4. The molecule has 116 valence electrons. The molecule has 0 atom stereocenters. The zero-order chi connectivity index (χ0) is 15.6. The van der Waals surface area contributed by atoms with Gasteiger partial charge in [-0.3, -0.25) is 0 Å². The number of aromatic nitrogens is 1. The Morgan fingerprint density at radius 3 is 2.57 bits per heavy atom. The van der Waals surface area contributed by atoms with E-state index in [2.05, 4.69) is 25.7 Å². The van der Waals surface area contributed by atoms with Crippen LogP contribution in [0.5, 0.6) is 0 Å². The number of piperidine rings is 1. The molecule has 1 saturated heterocycles. The summed E-state index contributed by atoms with van der Waals surface area (Å²) in [6, 6.07) is 1.53. The first-order valence-electron chi connectivity index (χ1n) is 6.38. The fourth-order valence-corrected chi connectivity index (χ4v) is 2.68. The number of ether oxygens (including phenoxy) is 1. The number of pyridine rings is 1. The third-order valence-electron chi connectivity index (χ3n) is 3.53. The minimum Gasteiger partial charge on any atom is -0.465 e. The normalized spacial score (nSPS) is 16.9. The molecule has 0 bridgehead atoms. The molecule has 2 rings (SSSR count). The molecule has 0 aliphatic carbocycles. The van der Waals surface area contributed by atoms with E-state index in [0.717, 1.165) is 0 Å². The molecule has 1 aromatic heterocycles. The van der Waals surface area contributed by atoms with Gasteiger partial charge in [0, 0.05) is 19.3 Å². The monoisotopic (exact) mass is 366 g/mol. The molecule has 21 heavy (non-hydrogen) atoms. The summed E-state index contributed by atoms with van der Waals surface area (Å²) >= 11 is 3.20. The molecular formula is C13H14BrF3N2O2. The zero-order valence-electron chi connectivity index (χ0n) is 11.3. The summed E-state index contributed by atoms with van der Waals surface area (Å²) in [5.41, 5.74) is 0.306. The van der Waals surface area contributed by atoms with E-state index in [-0.39, 0.29) is 25.9 Å². The van der Waals surface area contributed by atoms with Gasteiger partial charge in [0.15, 0.2) is 0 Å². The van der Waals surface area contributed by atoms with Crippen molar-refractivity contribution in [3.63, 3.8) is 0 Å². The largest absolute Gasteiger partial charge is 0.465 e. The van der Waals surface area contributed by atoms with Gasteiger partial charge in [0.2, 0.25) is 0 Å². The van der Waals surface area contributed by atoms with Crippen molar-refractivity contribution in [2.75, 3.05) is 25.1 Å². The third-order valence-corrected chi connectivity index (χ3v) is 4.16. The number of carbonyl (C=O) groups excluding carboxylic acids is 1. The molecule has 0 spiro atoms. The van der Waals surface area contributed by atoms with Gasteiger partial charge in [0.25, 0.3) is 0 Å². The van der Waals surface area contributed by atoms with Crippen molar-refractivity contribution in [2.24, 2.45) is 5.92 Å². The predicted octanol–water partition coefficient (Wildman–Crippen LogP) is 3.41. The summed E-state index contributed by atoms with van der Waals surface area (Å²) < 4.78 is 43.1. The highest BCUT2D eigenvalue weighted by Gasteiger charge is 2.41. The Bertz CT molecular complexity index is 529. The standard InChI is InChI=1S/C13H14BrF3N2O2/c1-21-12(20)9-6-11(18-7-10(9)14)19-4-2-8(3-5-19)13(15,16)17/h6-8H,2-5H2,1H3. The highest BCUT2D eigenvalue weighted by molar-refractivity contribution is 9.10. The highest BCUT2D eigenvalue weighted by atomic mass is 79.9. The van der Waals surface area contributed by atoms with E-state index in [1.54, 1.807) is 4.90 Å². The minimum absolute atomic E-state index is 0.0365. The number of methoxy groups -OCH3 is 1. The summed E-state index contributed by atoms with van der Waals surface area (Å²) in [5, 5.41) is 0. The SMILES string of the molecule is COC(=O)c1cc(N2CCC(C(F)(F)F)CC2)ncc1Br. The summed E-state index contributed by atoms with van der Waals surface area (Å²) in [4.78, 5) is 17.5. The molecule has 0 aromatic carbocycles. The van der Waals surface area contributed by atoms with E-state index in [1.807, 2.05) is 0 Å². The maximum atomic E-state index is 12.6. The fraction of sp³-hybridized carbons (Fsp3) is 0.538. The van der Waals surface area contributed by atoms with Crippen molar-refractivity contribution >= 4 is 27.7 Å². The van der Waals surface area contributed by atoms with Crippen LogP contribution in [0.3, 0.4) is 0 Å². The first kappa shape index (κ1) is 16.1. The summed E-state index contributed by atoms with van der Waals surface area (Å²) in [6.45, 7) is 0.527. The van der Waals surface area contributed by atoms with E-state index in [4.69, 9.17) is 0 Å². The zero-order valence-corrected chi connectivity index (χ0v) is 12.9. The van der Waals surface area contributed by atoms with Crippen molar-refractivity contribution in [3.8, 4) is 0 Å². The number of alkyl halides is 3. The van der Waals surface area contributed by atoms with E-state index < -0.39 is 18.1 Å². The molecule has 1 aromatic rings. The Hall–Kier alpha value is -1.31. The van der Waals surface area contributed by atoms with Crippen LogP contribution in [0.2, 0.25) is 0 Å². The van der Waals surface area contributed by atoms with Crippen LogP contribution in [0.15, 0.2) is 16.7 Å². The molecule has 2 heterocycles. The molecule has 0 N–H and O–H groups in total. The van der Waals surface area contributed by atoms with Crippen molar-refractivity contribution in [1.29, 1.82) is 0 Å². The third kappa shape index (κ3) is 3.66. The van der Waals surface area contributed by atoms with Gasteiger partial charge in [-0.25, -0.2) is 9.78 Å². The number of hydrogen-bond donors (Lipinski definition) is 0. The van der Waals surface area contributed by atoms with Crippen LogP contribution in [-0.2, 0) is 4.74 Å². The van der Waals surface area contributed by atoms with Crippen LogP contribution in [0.1, 0.15) is 23.2 Å². The predicted molar refractivity (Wildman–Crippen MR) is 74.3 cm³/mol. The Balaban J connectivity index is 2.12. The first-order valence-corrected chi connectivity index (χ1v) is 7.17. The molecule has 1 aliphatic heterocycles. The average Bonchev–Trinajstić information content (AvgIpc) is 2.46. The highest BCUT2D eigenvalue weighted by Crippen LogP contribution is 2.35. The lowest BCUT2D eigenvalue weighted by molar-refractivity contribution is -0.179. The smallest absolute Gasteiger partial charge is 0.391 e. The van der Waals surface area contributed by atoms with Gasteiger partial charge in [-0.2, -0.15) is 13.2 Å². The van der Waals surface area contributed by atoms with E-state index >= 15 is 0 Å². The van der Waals surface area contributed by atoms with Crippen molar-refractivity contribution in [2.45, 2.75) is 19.0 Å². The Morgan fingerprint density at radius 2 is 2.05 bits per heavy atom. The van der Waals surface area contributed by atoms with Gasteiger partial charge in [0.05, 0.1) is 23.1 Å². The fourth-order valence-electron chi connectivity index (χ4n) is 2.30. The maximum Gasteiger partial charge on any atom is 0.391 e. The number of nitrogens with zero attached hydrogens (tertiary/aromatic N) is 2. The number of esters is 1. The van der Waals surface area contributed by atoms with Crippen LogP contribution in [0.25, 0.3) is 0 Å². The van der Waals surface area contributed by atoms with E-state index in [0.29, 0.717) is 15.9 Å². The van der Waals surface area contributed by atoms with Gasteiger partial charge in [-0.15, -0.1) is 0 Å². The second kappa shape index (κ2) is 6.21. The van der Waals surface area contributed by atoms with Crippen LogP contribution >= 0.6 is 15.9 Å². The second-order valence-corrected chi connectivity index (χ2v) is 5.67. The Kier molecular flexibility index (Phi) is 4.75. The minimum atomic E-state index is -4.14. The molecule has 0 amide bonds. The quantitative estimate of drug-likeness (QED) is 0.752. The first-order chi connectivity index (χ1) is 9.82. The van der Waals surface area contributed by atoms with E-state index in [1.165, 1.54) is 19.4 Å².